The molecule has 0 spiro atoms. The van der Waals surface area contributed by atoms with Gasteiger partial charge < -0.3 is 15.2 Å². The first-order chi connectivity index (χ1) is 13.3. The van der Waals surface area contributed by atoms with E-state index in [0.29, 0.717) is 19.4 Å². The van der Waals surface area contributed by atoms with Crippen LogP contribution < -0.4 is 15.5 Å². The first-order valence-electron chi connectivity index (χ1n) is 9.38. The number of para-hydroxylation sites is 1. The molecule has 1 aromatic rings. The van der Waals surface area contributed by atoms with E-state index in [1.807, 2.05) is 31.2 Å². The lowest BCUT2D eigenvalue weighted by atomic mass is 9.93. The monoisotopic (exact) mass is 413 g/mol. The molecule has 10 heteroatoms. The van der Waals surface area contributed by atoms with Crippen molar-refractivity contribution in [2.75, 3.05) is 26.2 Å². The Morgan fingerprint density at radius 3 is 2.61 bits per heavy atom. The normalized spacial score (nSPS) is 27.3. The Balaban J connectivity index is 1.68. The number of sulfonamides is 1. The number of amides is 1. The molecule has 2 aliphatic heterocycles. The molecule has 0 aliphatic carbocycles. The number of carbonyl (C=O) groups excluding carboxylic acids is 1. The molecule has 0 bridgehead atoms. The van der Waals surface area contributed by atoms with Crippen molar-refractivity contribution in [3.8, 4) is 5.75 Å². The summed E-state index contributed by atoms with van der Waals surface area (Å²) in [6.07, 6.45) is 1.01. The minimum absolute atomic E-state index is 0.0753. The van der Waals surface area contributed by atoms with Gasteiger partial charge in [-0.1, -0.05) is 18.2 Å². The number of rotatable bonds is 5. The van der Waals surface area contributed by atoms with Crippen LogP contribution in [0, 0.1) is 6.92 Å². The third-order valence-electron chi connectivity index (χ3n) is 5.51. The van der Waals surface area contributed by atoms with E-state index < -0.39 is 26.8 Å². The summed E-state index contributed by atoms with van der Waals surface area (Å²) in [6.45, 7) is 2.58. The van der Waals surface area contributed by atoms with E-state index in [9.17, 15) is 18.3 Å². The fourth-order valence-electron chi connectivity index (χ4n) is 3.84. The number of piperidine rings is 2. The lowest BCUT2D eigenvalue weighted by Gasteiger charge is -2.41. The van der Waals surface area contributed by atoms with Crippen molar-refractivity contribution in [3.63, 3.8) is 0 Å². The topological polar surface area (TPSA) is 128 Å². The molecule has 0 aromatic heterocycles. The maximum absolute atomic E-state index is 13.1. The Hall–Kier alpha value is -1.72. The van der Waals surface area contributed by atoms with Gasteiger partial charge in [0.2, 0.25) is 10.0 Å². The van der Waals surface area contributed by atoms with Gasteiger partial charge in [0.25, 0.3) is 5.91 Å². The molecule has 28 heavy (non-hydrogen) atoms. The van der Waals surface area contributed by atoms with Gasteiger partial charge >= 0.3 is 0 Å². The highest BCUT2D eigenvalue weighted by molar-refractivity contribution is 7.89. The van der Waals surface area contributed by atoms with E-state index in [1.165, 1.54) is 9.79 Å². The maximum atomic E-state index is 13.1. The number of benzene rings is 1. The van der Waals surface area contributed by atoms with E-state index in [4.69, 9.17) is 9.94 Å². The van der Waals surface area contributed by atoms with Crippen molar-refractivity contribution in [3.05, 3.63) is 29.8 Å². The lowest BCUT2D eigenvalue weighted by Crippen LogP contribution is -2.67. The van der Waals surface area contributed by atoms with Crippen molar-refractivity contribution in [1.29, 1.82) is 0 Å². The molecule has 4 N–H and O–H groups in total. The zero-order valence-electron chi connectivity index (χ0n) is 15.8. The molecule has 2 atom stereocenters. The number of hydroxylamine groups is 1. The van der Waals surface area contributed by atoms with Crippen LogP contribution in [0.1, 0.15) is 24.8 Å². The van der Waals surface area contributed by atoms with Crippen LogP contribution in [0.4, 0.5) is 0 Å². The summed E-state index contributed by atoms with van der Waals surface area (Å²) in [5.41, 5.74) is 0.187. The van der Waals surface area contributed by atoms with Crippen molar-refractivity contribution in [2.45, 2.75) is 43.1 Å². The minimum Gasteiger partial charge on any atom is -0.490 e. The number of carbonyl (C=O) groups is 1. The molecule has 3 rings (SSSR count). The molecule has 0 radical (unpaired) electrons. The van der Waals surface area contributed by atoms with Gasteiger partial charge in [0.15, 0.2) is 5.60 Å². The molecule has 156 valence electrons. The summed E-state index contributed by atoms with van der Waals surface area (Å²) in [5, 5.41) is 21.1. The molecule has 9 nitrogen and oxygen atoms in total. The van der Waals surface area contributed by atoms with Crippen LogP contribution in [0.15, 0.2) is 24.3 Å². The second-order valence-electron chi connectivity index (χ2n) is 7.35. The van der Waals surface area contributed by atoms with Crippen LogP contribution in [0.3, 0.4) is 0 Å². The van der Waals surface area contributed by atoms with Gasteiger partial charge in [0, 0.05) is 19.6 Å². The van der Waals surface area contributed by atoms with Crippen molar-refractivity contribution < 1.29 is 28.3 Å². The standard InChI is InChI=1S/C18H27N3O6S/c1-13-4-2-3-5-15(13)27-14-7-10-21(11-8-14)28(25,26)16-6-9-19-12-18(16,23)17(22)20-24/h2-5,14,16,19,23-24H,6-12H2,1H3,(H,20,22). The summed E-state index contributed by atoms with van der Waals surface area (Å²) >= 11 is 0. The van der Waals surface area contributed by atoms with E-state index >= 15 is 0 Å². The van der Waals surface area contributed by atoms with Crippen LogP contribution in [0.5, 0.6) is 5.75 Å². The van der Waals surface area contributed by atoms with Crippen LogP contribution in [0.2, 0.25) is 0 Å². The quantitative estimate of drug-likeness (QED) is 0.388. The molecule has 1 amide bonds. The zero-order valence-corrected chi connectivity index (χ0v) is 16.6. The fraction of sp³-hybridized carbons (Fsp3) is 0.611. The Bertz CT molecular complexity index is 809. The second kappa shape index (κ2) is 8.34. The summed E-state index contributed by atoms with van der Waals surface area (Å²) in [4.78, 5) is 12.0. The average molecular weight is 413 g/mol. The highest BCUT2D eigenvalue weighted by Gasteiger charge is 2.54. The third kappa shape index (κ3) is 4.01. The number of hydrogen-bond acceptors (Lipinski definition) is 7. The maximum Gasteiger partial charge on any atom is 0.278 e. The largest absolute Gasteiger partial charge is 0.490 e. The smallest absolute Gasteiger partial charge is 0.278 e. The summed E-state index contributed by atoms with van der Waals surface area (Å²) in [6, 6.07) is 7.67. The molecule has 2 aliphatic rings. The average Bonchev–Trinajstić information content (AvgIpc) is 2.69. The SMILES string of the molecule is Cc1ccccc1OC1CCN(S(=O)(=O)C2CCNCC2(O)C(=O)NO)CC1. The highest BCUT2D eigenvalue weighted by atomic mass is 32.2. The summed E-state index contributed by atoms with van der Waals surface area (Å²) in [5.74, 6) is -0.331. The van der Waals surface area contributed by atoms with Gasteiger partial charge in [-0.3, -0.25) is 10.0 Å². The summed E-state index contributed by atoms with van der Waals surface area (Å²) < 4.78 is 33.6. The summed E-state index contributed by atoms with van der Waals surface area (Å²) in [7, 11) is -3.94. The van der Waals surface area contributed by atoms with E-state index in [1.54, 1.807) is 0 Å². The number of β-amino-alcohol motifs (C(OH)–C–C–N with tert-alkyl or cyclic N) is 1. The van der Waals surface area contributed by atoms with E-state index in [0.717, 1.165) is 11.3 Å². The van der Waals surface area contributed by atoms with Gasteiger partial charge in [-0.25, -0.2) is 18.2 Å². The lowest BCUT2D eigenvalue weighted by molar-refractivity contribution is -0.150. The highest BCUT2D eigenvalue weighted by Crippen LogP contribution is 2.30. The third-order valence-corrected chi connectivity index (χ3v) is 7.94. The van der Waals surface area contributed by atoms with E-state index in [2.05, 4.69) is 5.32 Å². The van der Waals surface area contributed by atoms with Crippen LogP contribution in [-0.2, 0) is 14.8 Å². The molecule has 2 unspecified atom stereocenters. The Labute approximate surface area is 164 Å². The van der Waals surface area contributed by atoms with Crippen LogP contribution in [-0.4, -0.2) is 72.1 Å². The number of aliphatic hydroxyl groups is 1. The van der Waals surface area contributed by atoms with Crippen molar-refractivity contribution in [1.82, 2.24) is 15.1 Å². The van der Waals surface area contributed by atoms with Gasteiger partial charge in [0.1, 0.15) is 17.1 Å². The fourth-order valence-corrected chi connectivity index (χ4v) is 6.01. The van der Waals surface area contributed by atoms with Crippen molar-refractivity contribution >= 4 is 15.9 Å². The zero-order chi connectivity index (χ0) is 20.4. The van der Waals surface area contributed by atoms with Crippen LogP contribution >= 0.6 is 0 Å². The Kier molecular flexibility index (Phi) is 6.25. The number of nitrogens with zero attached hydrogens (tertiary/aromatic N) is 1. The minimum atomic E-state index is -3.94. The predicted molar refractivity (Wildman–Crippen MR) is 101 cm³/mol. The molecule has 0 saturated carbocycles. The number of hydrogen-bond donors (Lipinski definition) is 4. The van der Waals surface area contributed by atoms with Gasteiger partial charge in [0.05, 0.1) is 0 Å². The van der Waals surface area contributed by atoms with Crippen molar-refractivity contribution in [2.24, 2.45) is 0 Å². The van der Waals surface area contributed by atoms with E-state index in [-0.39, 0.29) is 32.2 Å². The Morgan fingerprint density at radius 1 is 1.29 bits per heavy atom. The molecule has 1 aromatic carbocycles. The van der Waals surface area contributed by atoms with Crippen LogP contribution in [0.25, 0.3) is 0 Å². The predicted octanol–water partition coefficient (Wildman–Crippen LogP) is -0.234. The molecule has 2 heterocycles. The van der Waals surface area contributed by atoms with Gasteiger partial charge in [-0.15, -0.1) is 0 Å². The second-order valence-corrected chi connectivity index (χ2v) is 9.46. The molecule has 2 fully saturated rings. The Morgan fingerprint density at radius 2 is 1.96 bits per heavy atom. The first-order valence-corrected chi connectivity index (χ1v) is 10.9. The first kappa shape index (κ1) is 21.0. The number of aryl methyl sites for hydroxylation is 1. The number of nitrogens with one attached hydrogen (secondary N) is 2. The molecular formula is C18H27N3O6S. The van der Waals surface area contributed by atoms with Gasteiger partial charge in [-0.05, 0) is 44.4 Å². The number of ether oxygens (including phenoxy) is 1. The molecule has 2 saturated heterocycles. The van der Waals surface area contributed by atoms with Gasteiger partial charge in [-0.2, -0.15) is 0 Å². The molecular weight excluding hydrogens is 386 g/mol.